The largest absolute Gasteiger partial charge is 0.494 e. The van der Waals surface area contributed by atoms with Gasteiger partial charge in [-0.25, -0.2) is 4.98 Å². The van der Waals surface area contributed by atoms with E-state index in [1.807, 2.05) is 43.4 Å². The molecule has 0 spiro atoms. The van der Waals surface area contributed by atoms with E-state index in [1.54, 1.807) is 13.3 Å². The zero-order chi connectivity index (χ0) is 21.2. The third-order valence-corrected chi connectivity index (χ3v) is 5.00. The lowest BCUT2D eigenvalue weighted by molar-refractivity contribution is 0.157. The number of aliphatic imine (C=N–C) groups is 1. The van der Waals surface area contributed by atoms with Gasteiger partial charge < -0.3 is 24.4 Å². The number of pyridine rings is 1. The van der Waals surface area contributed by atoms with Crippen LogP contribution in [-0.4, -0.2) is 56.3 Å². The number of ether oxygens (including phenoxy) is 3. The minimum atomic E-state index is 0. The van der Waals surface area contributed by atoms with Crippen LogP contribution in [0.25, 0.3) is 0 Å². The van der Waals surface area contributed by atoms with Crippen molar-refractivity contribution in [2.75, 3.05) is 40.5 Å². The lowest BCUT2D eigenvalue weighted by Gasteiger charge is -2.22. The van der Waals surface area contributed by atoms with Crippen LogP contribution in [0.1, 0.15) is 25.3 Å². The first kappa shape index (κ1) is 25.2. The molecule has 8 heteroatoms. The second kappa shape index (κ2) is 13.4. The van der Waals surface area contributed by atoms with Crippen molar-refractivity contribution in [3.05, 3.63) is 48.2 Å². The number of benzene rings is 1. The van der Waals surface area contributed by atoms with E-state index in [-0.39, 0.29) is 24.0 Å². The zero-order valence-corrected chi connectivity index (χ0v) is 20.9. The Morgan fingerprint density at radius 2 is 2.00 bits per heavy atom. The number of aromatic nitrogens is 1. The molecule has 1 fully saturated rings. The Morgan fingerprint density at radius 3 is 2.71 bits per heavy atom. The number of rotatable bonds is 9. The number of hydrogen-bond donors (Lipinski definition) is 1. The van der Waals surface area contributed by atoms with Gasteiger partial charge in [0.2, 0.25) is 5.88 Å². The fourth-order valence-corrected chi connectivity index (χ4v) is 3.49. The van der Waals surface area contributed by atoms with Gasteiger partial charge in [-0.2, -0.15) is 0 Å². The van der Waals surface area contributed by atoms with E-state index in [2.05, 4.69) is 27.1 Å². The van der Waals surface area contributed by atoms with Crippen molar-refractivity contribution in [3.8, 4) is 17.4 Å². The molecule has 1 aliphatic heterocycles. The predicted octanol–water partition coefficient (Wildman–Crippen LogP) is 4.32. The van der Waals surface area contributed by atoms with Crippen molar-refractivity contribution < 1.29 is 14.2 Å². The number of nitrogens with one attached hydrogen (secondary N) is 1. The summed E-state index contributed by atoms with van der Waals surface area (Å²) in [6, 6.07) is 11.6. The number of hydrogen-bond acceptors (Lipinski definition) is 5. The summed E-state index contributed by atoms with van der Waals surface area (Å²) in [4.78, 5) is 11.1. The molecule has 1 aromatic heterocycles. The summed E-state index contributed by atoms with van der Waals surface area (Å²) in [6.45, 7) is 6.10. The molecule has 0 radical (unpaired) electrons. The number of nitrogens with zero attached hydrogens (tertiary/aromatic N) is 3. The maximum absolute atomic E-state index is 6.03. The molecule has 0 saturated carbocycles. The van der Waals surface area contributed by atoms with Crippen molar-refractivity contribution >= 4 is 29.9 Å². The van der Waals surface area contributed by atoms with E-state index in [9.17, 15) is 0 Å². The molecule has 170 valence electrons. The highest BCUT2D eigenvalue weighted by Gasteiger charge is 2.24. The maximum Gasteiger partial charge on any atom is 0.224 e. The van der Waals surface area contributed by atoms with Crippen LogP contribution in [0.2, 0.25) is 0 Å². The molecule has 1 saturated heterocycles. The fourth-order valence-electron chi connectivity index (χ4n) is 3.49. The summed E-state index contributed by atoms with van der Waals surface area (Å²) in [5.74, 6) is 3.59. The first-order valence-electron chi connectivity index (χ1n) is 10.5. The van der Waals surface area contributed by atoms with Crippen LogP contribution in [0, 0.1) is 5.92 Å². The van der Waals surface area contributed by atoms with Gasteiger partial charge in [0, 0.05) is 51.5 Å². The van der Waals surface area contributed by atoms with Crippen molar-refractivity contribution in [1.82, 2.24) is 15.2 Å². The molecular weight excluding hydrogens is 507 g/mol. The van der Waals surface area contributed by atoms with Crippen LogP contribution in [0.3, 0.4) is 0 Å². The van der Waals surface area contributed by atoms with Crippen molar-refractivity contribution in [2.24, 2.45) is 10.9 Å². The van der Waals surface area contributed by atoms with Crippen molar-refractivity contribution in [3.63, 3.8) is 0 Å². The average Bonchev–Trinajstić information content (AvgIpc) is 3.23. The first-order chi connectivity index (χ1) is 14.7. The molecule has 1 aromatic carbocycles. The van der Waals surface area contributed by atoms with Crippen LogP contribution in [0.4, 0.5) is 0 Å². The zero-order valence-electron chi connectivity index (χ0n) is 18.5. The van der Waals surface area contributed by atoms with Crippen LogP contribution in [-0.2, 0) is 11.3 Å². The van der Waals surface area contributed by atoms with Gasteiger partial charge in [0.25, 0.3) is 0 Å². The summed E-state index contributed by atoms with van der Waals surface area (Å²) in [7, 11) is 3.57. The standard InChI is InChI=1S/C23H32N4O3.HI/c1-4-14-29-20-7-9-21(10-8-20)30-22-19(6-5-12-25-22)15-26-23(24-2)27-13-11-18(16-27)17-28-3;/h5-10,12,18H,4,11,13-17H2,1-3H3,(H,24,26);1H. The van der Waals surface area contributed by atoms with Crippen molar-refractivity contribution in [2.45, 2.75) is 26.3 Å². The van der Waals surface area contributed by atoms with E-state index in [0.29, 0.717) is 24.9 Å². The minimum Gasteiger partial charge on any atom is -0.494 e. The molecule has 3 rings (SSSR count). The highest BCUT2D eigenvalue weighted by atomic mass is 127. The van der Waals surface area contributed by atoms with Gasteiger partial charge in [0.15, 0.2) is 5.96 Å². The van der Waals surface area contributed by atoms with Gasteiger partial charge >= 0.3 is 0 Å². The molecule has 0 aliphatic carbocycles. The van der Waals surface area contributed by atoms with Crippen LogP contribution < -0.4 is 14.8 Å². The third-order valence-electron chi connectivity index (χ3n) is 5.00. The Morgan fingerprint density at radius 1 is 1.23 bits per heavy atom. The van der Waals surface area contributed by atoms with Gasteiger partial charge in [-0.3, -0.25) is 4.99 Å². The summed E-state index contributed by atoms with van der Waals surface area (Å²) >= 11 is 0. The van der Waals surface area contributed by atoms with Crippen LogP contribution in [0.15, 0.2) is 47.6 Å². The van der Waals surface area contributed by atoms with E-state index in [1.165, 1.54) is 0 Å². The van der Waals surface area contributed by atoms with Gasteiger partial charge in [0.1, 0.15) is 11.5 Å². The Hall–Kier alpha value is -2.07. The molecule has 1 N–H and O–H groups in total. The second-order valence-electron chi connectivity index (χ2n) is 7.35. The van der Waals surface area contributed by atoms with E-state index < -0.39 is 0 Å². The topological polar surface area (TPSA) is 68.2 Å². The highest BCUT2D eigenvalue weighted by Crippen LogP contribution is 2.25. The molecule has 31 heavy (non-hydrogen) atoms. The quantitative estimate of drug-likeness (QED) is 0.290. The maximum atomic E-state index is 6.03. The third kappa shape index (κ3) is 7.53. The SMILES string of the molecule is CCCOc1ccc(Oc2ncccc2CNC(=NC)N2CCC(COC)C2)cc1.I. The molecule has 1 unspecified atom stereocenters. The number of halogens is 1. The monoisotopic (exact) mass is 540 g/mol. The molecular formula is C23H33IN4O3. The Balaban J connectivity index is 0.00000341. The van der Waals surface area contributed by atoms with Gasteiger partial charge in [-0.1, -0.05) is 13.0 Å². The van der Waals surface area contributed by atoms with Crippen molar-refractivity contribution in [1.29, 1.82) is 0 Å². The van der Waals surface area contributed by atoms with E-state index in [0.717, 1.165) is 55.6 Å². The Labute approximate surface area is 202 Å². The normalized spacial score (nSPS) is 16.0. The average molecular weight is 540 g/mol. The van der Waals surface area contributed by atoms with E-state index in [4.69, 9.17) is 14.2 Å². The number of methoxy groups -OCH3 is 1. The number of guanidine groups is 1. The van der Waals surface area contributed by atoms with Gasteiger partial charge in [0.05, 0.1) is 13.2 Å². The smallest absolute Gasteiger partial charge is 0.224 e. The molecule has 1 aliphatic rings. The molecule has 2 aromatic rings. The van der Waals surface area contributed by atoms with E-state index >= 15 is 0 Å². The summed E-state index contributed by atoms with van der Waals surface area (Å²) in [5, 5.41) is 3.44. The number of likely N-dealkylation sites (tertiary alicyclic amines) is 1. The molecule has 1 atom stereocenters. The first-order valence-corrected chi connectivity index (χ1v) is 10.5. The molecule has 2 heterocycles. The molecule has 7 nitrogen and oxygen atoms in total. The minimum absolute atomic E-state index is 0. The lowest BCUT2D eigenvalue weighted by Crippen LogP contribution is -2.39. The molecule has 0 amide bonds. The molecule has 0 bridgehead atoms. The predicted molar refractivity (Wildman–Crippen MR) is 134 cm³/mol. The summed E-state index contributed by atoms with van der Waals surface area (Å²) < 4.78 is 17.0. The Kier molecular flexibility index (Phi) is 10.9. The van der Waals surface area contributed by atoms with Gasteiger partial charge in [-0.15, -0.1) is 24.0 Å². The fraction of sp³-hybridized carbons (Fsp3) is 0.478. The highest BCUT2D eigenvalue weighted by molar-refractivity contribution is 14.0. The Bertz CT molecular complexity index is 817. The van der Waals surface area contributed by atoms with Crippen LogP contribution >= 0.6 is 24.0 Å². The lowest BCUT2D eigenvalue weighted by atomic mass is 10.1. The van der Waals surface area contributed by atoms with Crippen LogP contribution in [0.5, 0.6) is 17.4 Å². The summed E-state index contributed by atoms with van der Waals surface area (Å²) in [6.07, 6.45) is 3.84. The second-order valence-corrected chi connectivity index (χ2v) is 7.35. The van der Waals surface area contributed by atoms with Gasteiger partial charge in [-0.05, 0) is 43.2 Å². The summed E-state index contributed by atoms with van der Waals surface area (Å²) in [5.41, 5.74) is 0.970.